The van der Waals surface area contributed by atoms with Crippen molar-refractivity contribution in [3.8, 4) is 10.6 Å². The van der Waals surface area contributed by atoms with Crippen LogP contribution in [0.3, 0.4) is 0 Å². The molecule has 0 spiro atoms. The fourth-order valence-electron chi connectivity index (χ4n) is 2.36. The molecule has 0 aliphatic rings. The predicted molar refractivity (Wildman–Crippen MR) is 115 cm³/mol. The number of nitrogens with one attached hydrogen (secondary N) is 2. The number of carbonyl (C=O) groups is 2. The first kappa shape index (κ1) is 20.4. The molecule has 1 aromatic heterocycles. The zero-order chi connectivity index (χ0) is 20.1. The Morgan fingerprint density at radius 1 is 1.07 bits per heavy atom. The maximum absolute atomic E-state index is 12.5. The second-order valence-electron chi connectivity index (χ2n) is 5.96. The summed E-state index contributed by atoms with van der Waals surface area (Å²) < 4.78 is 0. The minimum absolute atomic E-state index is 0.293. The molecule has 1 heterocycles. The van der Waals surface area contributed by atoms with E-state index in [1.165, 1.54) is 23.1 Å². The van der Waals surface area contributed by atoms with E-state index in [4.69, 9.17) is 11.6 Å². The first-order valence-electron chi connectivity index (χ1n) is 8.49. The van der Waals surface area contributed by atoms with Gasteiger partial charge in [-0.25, -0.2) is 4.98 Å². The number of amides is 2. The second kappa shape index (κ2) is 9.23. The van der Waals surface area contributed by atoms with Crippen LogP contribution in [-0.4, -0.2) is 22.0 Å². The molecule has 0 aliphatic heterocycles. The molecule has 0 saturated heterocycles. The van der Waals surface area contributed by atoms with Crippen LogP contribution in [0.15, 0.2) is 59.5 Å². The maximum atomic E-state index is 12.5. The van der Waals surface area contributed by atoms with Gasteiger partial charge in [-0.15, -0.1) is 23.1 Å². The van der Waals surface area contributed by atoms with Crippen molar-refractivity contribution in [1.82, 2.24) is 15.8 Å². The molecule has 5 nitrogen and oxygen atoms in total. The lowest BCUT2D eigenvalue weighted by atomic mass is 10.2. The highest BCUT2D eigenvalue weighted by atomic mass is 35.5. The van der Waals surface area contributed by atoms with Gasteiger partial charge in [0, 0.05) is 15.5 Å². The summed E-state index contributed by atoms with van der Waals surface area (Å²) in [5, 5.41) is 1.02. The highest BCUT2D eigenvalue weighted by molar-refractivity contribution is 8.00. The first-order chi connectivity index (χ1) is 13.4. The average Bonchev–Trinajstić information content (AvgIpc) is 3.10. The number of thioether (sulfide) groups is 1. The summed E-state index contributed by atoms with van der Waals surface area (Å²) in [4.78, 5) is 30.6. The molecule has 2 N–H and O–H groups in total. The molecular formula is C20H18ClN3O2S2. The van der Waals surface area contributed by atoms with Crippen molar-refractivity contribution in [1.29, 1.82) is 0 Å². The van der Waals surface area contributed by atoms with Gasteiger partial charge in [-0.05, 0) is 38.1 Å². The minimum atomic E-state index is -0.385. The lowest BCUT2D eigenvalue weighted by Gasteiger charge is -2.12. The van der Waals surface area contributed by atoms with Crippen molar-refractivity contribution >= 4 is 46.5 Å². The second-order valence-corrected chi connectivity index (χ2v) is 8.81. The Morgan fingerprint density at radius 2 is 1.75 bits per heavy atom. The maximum Gasteiger partial charge on any atom is 0.281 e. The Bertz CT molecular complexity index is 975. The van der Waals surface area contributed by atoms with Crippen LogP contribution < -0.4 is 10.9 Å². The fourth-order valence-corrected chi connectivity index (χ4v) is 4.32. The molecule has 0 bridgehead atoms. The van der Waals surface area contributed by atoms with Crippen LogP contribution in [0.25, 0.3) is 10.6 Å². The van der Waals surface area contributed by atoms with Gasteiger partial charge in [0.05, 0.1) is 10.9 Å². The van der Waals surface area contributed by atoms with Gasteiger partial charge in [0.15, 0.2) is 0 Å². The fraction of sp³-hybridized carbons (Fsp3) is 0.150. The number of halogens is 1. The van der Waals surface area contributed by atoms with Crippen LogP contribution in [0.5, 0.6) is 0 Å². The Kier molecular flexibility index (Phi) is 6.72. The molecule has 0 fully saturated rings. The number of hydrogen-bond acceptors (Lipinski definition) is 5. The highest BCUT2D eigenvalue weighted by Crippen LogP contribution is 2.28. The van der Waals surface area contributed by atoms with Crippen LogP contribution >= 0.6 is 34.7 Å². The number of rotatable bonds is 5. The largest absolute Gasteiger partial charge is 0.281 e. The molecule has 2 aromatic carbocycles. The normalized spacial score (nSPS) is 11.7. The van der Waals surface area contributed by atoms with E-state index in [0.29, 0.717) is 15.6 Å². The molecule has 144 valence electrons. The summed E-state index contributed by atoms with van der Waals surface area (Å²) in [6.45, 7) is 3.55. The van der Waals surface area contributed by atoms with E-state index in [9.17, 15) is 9.59 Å². The van der Waals surface area contributed by atoms with E-state index >= 15 is 0 Å². The van der Waals surface area contributed by atoms with E-state index in [2.05, 4.69) is 15.8 Å². The summed E-state index contributed by atoms with van der Waals surface area (Å²) >= 11 is 8.54. The zero-order valence-electron chi connectivity index (χ0n) is 15.2. The Hall–Kier alpha value is -2.35. The number of aromatic nitrogens is 1. The van der Waals surface area contributed by atoms with Gasteiger partial charge in [-0.1, -0.05) is 41.9 Å². The smallest absolute Gasteiger partial charge is 0.272 e. The number of carbonyl (C=O) groups excluding carboxylic acids is 2. The molecule has 3 rings (SSSR count). The molecule has 1 atom stereocenters. The van der Waals surface area contributed by atoms with Gasteiger partial charge in [0.1, 0.15) is 9.88 Å². The van der Waals surface area contributed by atoms with E-state index < -0.39 is 0 Å². The summed E-state index contributed by atoms with van der Waals surface area (Å²) in [6, 6.07) is 16.9. The molecule has 0 aliphatic carbocycles. The molecule has 0 radical (unpaired) electrons. The average molecular weight is 432 g/mol. The predicted octanol–water partition coefficient (Wildman–Crippen LogP) is 4.71. The molecule has 3 aromatic rings. The molecule has 28 heavy (non-hydrogen) atoms. The van der Waals surface area contributed by atoms with E-state index in [1.807, 2.05) is 42.5 Å². The molecule has 0 saturated carbocycles. The molecule has 2 amide bonds. The quantitative estimate of drug-likeness (QED) is 0.453. The third-order valence-electron chi connectivity index (χ3n) is 3.82. The monoisotopic (exact) mass is 431 g/mol. The number of aryl methyl sites for hydroxylation is 1. The number of thiazole rings is 1. The Balaban J connectivity index is 1.58. The number of nitrogens with zero attached hydrogens (tertiary/aromatic N) is 1. The summed E-state index contributed by atoms with van der Waals surface area (Å²) in [6.07, 6.45) is 0. The Morgan fingerprint density at radius 3 is 2.43 bits per heavy atom. The van der Waals surface area contributed by atoms with Gasteiger partial charge in [-0.2, -0.15) is 0 Å². The van der Waals surface area contributed by atoms with E-state index in [1.54, 1.807) is 26.0 Å². The van der Waals surface area contributed by atoms with E-state index in [0.717, 1.165) is 15.5 Å². The minimum Gasteiger partial charge on any atom is -0.272 e. The number of benzene rings is 2. The third-order valence-corrected chi connectivity index (χ3v) is 6.39. The van der Waals surface area contributed by atoms with Crippen LogP contribution in [0.2, 0.25) is 5.02 Å². The van der Waals surface area contributed by atoms with Crippen molar-refractivity contribution in [2.75, 3.05) is 0 Å². The van der Waals surface area contributed by atoms with Gasteiger partial charge in [0.2, 0.25) is 0 Å². The van der Waals surface area contributed by atoms with Gasteiger partial charge in [-0.3, -0.25) is 20.4 Å². The lowest BCUT2D eigenvalue weighted by molar-refractivity contribution is -0.121. The summed E-state index contributed by atoms with van der Waals surface area (Å²) in [5.74, 6) is -0.673. The summed E-state index contributed by atoms with van der Waals surface area (Å²) in [7, 11) is 0. The van der Waals surface area contributed by atoms with Crippen molar-refractivity contribution in [3.05, 3.63) is 70.2 Å². The zero-order valence-corrected chi connectivity index (χ0v) is 17.6. The van der Waals surface area contributed by atoms with Crippen LogP contribution in [-0.2, 0) is 4.79 Å². The first-order valence-corrected chi connectivity index (χ1v) is 10.6. The topological polar surface area (TPSA) is 71.1 Å². The lowest BCUT2D eigenvalue weighted by Crippen LogP contribution is -2.44. The molecule has 1 unspecified atom stereocenters. The van der Waals surface area contributed by atoms with Crippen molar-refractivity contribution in [3.63, 3.8) is 0 Å². The van der Waals surface area contributed by atoms with Crippen molar-refractivity contribution in [2.45, 2.75) is 24.0 Å². The van der Waals surface area contributed by atoms with Crippen LogP contribution in [0, 0.1) is 6.92 Å². The third kappa shape index (κ3) is 5.13. The number of hydrogen-bond donors (Lipinski definition) is 2. The van der Waals surface area contributed by atoms with Crippen LogP contribution in [0.4, 0.5) is 0 Å². The highest BCUT2D eigenvalue weighted by Gasteiger charge is 2.19. The van der Waals surface area contributed by atoms with Crippen molar-refractivity contribution in [2.24, 2.45) is 0 Å². The van der Waals surface area contributed by atoms with Gasteiger partial charge >= 0.3 is 0 Å². The number of hydrazine groups is 1. The molecular weight excluding hydrogens is 414 g/mol. The SMILES string of the molecule is Cc1nc(-c2ccccc2)sc1C(=O)NNC(=O)C(C)Sc1ccc(Cl)cc1. The van der Waals surface area contributed by atoms with Gasteiger partial charge < -0.3 is 0 Å². The van der Waals surface area contributed by atoms with Crippen molar-refractivity contribution < 1.29 is 9.59 Å². The van der Waals surface area contributed by atoms with Crippen LogP contribution in [0.1, 0.15) is 22.3 Å². The standard InChI is InChI=1S/C20H18ClN3O2S2/c1-12-17(28-20(22-12)14-6-4-3-5-7-14)19(26)24-23-18(25)13(2)27-16-10-8-15(21)9-11-16/h3-11,13H,1-2H3,(H,23,25)(H,24,26). The Labute approximate surface area is 176 Å². The molecule has 8 heteroatoms. The van der Waals surface area contributed by atoms with E-state index in [-0.39, 0.29) is 17.1 Å². The van der Waals surface area contributed by atoms with Gasteiger partial charge in [0.25, 0.3) is 11.8 Å². The summed E-state index contributed by atoms with van der Waals surface area (Å²) in [5.41, 5.74) is 6.53.